The monoisotopic (exact) mass is 446 g/mol. The van der Waals surface area contributed by atoms with E-state index in [1.54, 1.807) is 22.7 Å². The largest absolute Gasteiger partial charge is 0.298 e. The molecule has 3 nitrogen and oxygen atoms in total. The minimum atomic E-state index is -0.0212. The Hall–Kier alpha value is -1.50. The van der Waals surface area contributed by atoms with Crippen molar-refractivity contribution < 1.29 is 4.79 Å². The molecule has 4 rings (SSSR count). The smallest absolute Gasteiger partial charge is 0.258 e. The van der Waals surface area contributed by atoms with Gasteiger partial charge in [-0.2, -0.15) is 0 Å². The fourth-order valence-electron chi connectivity index (χ4n) is 3.33. The number of halogens is 1. The molecule has 134 valence electrons. The van der Waals surface area contributed by atoms with Gasteiger partial charge in [-0.15, -0.1) is 22.7 Å². The first kappa shape index (κ1) is 17.9. The molecule has 1 aliphatic rings. The Bertz CT molecular complexity index is 961. The average molecular weight is 447 g/mol. The predicted octanol–water partition coefficient (Wildman–Crippen LogP) is 6.00. The van der Waals surface area contributed by atoms with Gasteiger partial charge in [0.2, 0.25) is 0 Å². The van der Waals surface area contributed by atoms with Gasteiger partial charge in [-0.25, -0.2) is 4.98 Å². The van der Waals surface area contributed by atoms with Crippen LogP contribution in [-0.4, -0.2) is 10.9 Å². The van der Waals surface area contributed by atoms with Gasteiger partial charge in [-0.3, -0.25) is 10.1 Å². The molecule has 6 heteroatoms. The number of hydrogen-bond acceptors (Lipinski definition) is 4. The number of fused-ring (bicyclic) bond motifs is 1. The molecule has 0 spiro atoms. The van der Waals surface area contributed by atoms with Crippen LogP contribution in [0, 0.1) is 6.92 Å². The Morgan fingerprint density at radius 3 is 3.00 bits per heavy atom. The molecule has 1 aromatic carbocycles. The van der Waals surface area contributed by atoms with Crippen LogP contribution in [0.4, 0.5) is 5.13 Å². The van der Waals surface area contributed by atoms with E-state index in [0.717, 1.165) is 35.0 Å². The molecule has 2 heterocycles. The maximum atomic E-state index is 12.7. The highest BCUT2D eigenvalue weighted by Crippen LogP contribution is 2.32. The number of thiazole rings is 1. The number of aromatic nitrogens is 1. The molecule has 0 bridgehead atoms. The minimum absolute atomic E-state index is 0.0212. The van der Waals surface area contributed by atoms with E-state index in [4.69, 9.17) is 0 Å². The Morgan fingerprint density at radius 1 is 1.31 bits per heavy atom. The van der Waals surface area contributed by atoms with E-state index in [2.05, 4.69) is 38.4 Å². The van der Waals surface area contributed by atoms with Crippen molar-refractivity contribution in [2.75, 3.05) is 5.32 Å². The number of carbonyl (C=O) groups excluding carboxylic acids is 1. The highest BCUT2D eigenvalue weighted by molar-refractivity contribution is 9.10. The maximum absolute atomic E-state index is 12.7. The quantitative estimate of drug-likeness (QED) is 0.533. The van der Waals surface area contributed by atoms with Crippen LogP contribution in [0.1, 0.15) is 49.8 Å². The Balaban J connectivity index is 1.50. The third-order valence-electron chi connectivity index (χ3n) is 4.67. The summed E-state index contributed by atoms with van der Waals surface area (Å²) in [6, 6.07) is 8.29. The van der Waals surface area contributed by atoms with E-state index in [1.807, 2.05) is 24.4 Å². The molecule has 0 aliphatic heterocycles. The normalized spacial score (nSPS) is 13.5. The Morgan fingerprint density at radius 2 is 2.15 bits per heavy atom. The lowest BCUT2D eigenvalue weighted by atomic mass is 9.96. The zero-order valence-corrected chi connectivity index (χ0v) is 17.7. The van der Waals surface area contributed by atoms with Crippen LogP contribution in [0.3, 0.4) is 0 Å². The minimum Gasteiger partial charge on any atom is -0.298 e. The lowest BCUT2D eigenvalue weighted by Crippen LogP contribution is -2.14. The first-order valence-electron chi connectivity index (χ1n) is 8.71. The lowest BCUT2D eigenvalue weighted by Gasteiger charge is -2.12. The molecule has 0 atom stereocenters. The second-order valence-electron chi connectivity index (χ2n) is 6.55. The van der Waals surface area contributed by atoms with Crippen LogP contribution in [0.5, 0.6) is 0 Å². The zero-order chi connectivity index (χ0) is 18.1. The van der Waals surface area contributed by atoms with Gasteiger partial charge in [-0.1, -0.05) is 28.1 Å². The summed E-state index contributed by atoms with van der Waals surface area (Å²) in [5, 5.41) is 5.72. The molecule has 26 heavy (non-hydrogen) atoms. The standard InChI is InChI=1S/C20H19BrN2OS2/c1-12-18(10-13-5-4-6-14(21)9-13)26-20(22-12)23-19(24)16-11-25-17-8-3-2-7-15(16)17/h4-6,9,11H,2-3,7-8,10H2,1H3,(H,22,23,24). The van der Waals surface area contributed by atoms with Crippen molar-refractivity contribution in [1.29, 1.82) is 0 Å². The summed E-state index contributed by atoms with van der Waals surface area (Å²) < 4.78 is 1.08. The van der Waals surface area contributed by atoms with Crippen LogP contribution in [0.25, 0.3) is 0 Å². The third-order valence-corrected chi connectivity index (χ3v) is 7.33. The number of anilines is 1. The van der Waals surface area contributed by atoms with Crippen molar-refractivity contribution in [1.82, 2.24) is 4.98 Å². The molecular weight excluding hydrogens is 428 g/mol. The third kappa shape index (κ3) is 3.77. The summed E-state index contributed by atoms with van der Waals surface area (Å²) >= 11 is 6.80. The second-order valence-corrected chi connectivity index (χ2v) is 9.51. The fourth-order valence-corrected chi connectivity index (χ4v) is 5.89. The van der Waals surface area contributed by atoms with Crippen molar-refractivity contribution in [2.24, 2.45) is 0 Å². The summed E-state index contributed by atoms with van der Waals surface area (Å²) in [7, 11) is 0. The summed E-state index contributed by atoms with van der Waals surface area (Å²) in [4.78, 5) is 19.9. The van der Waals surface area contributed by atoms with Gasteiger partial charge in [0.15, 0.2) is 5.13 Å². The zero-order valence-electron chi connectivity index (χ0n) is 14.5. The van der Waals surface area contributed by atoms with E-state index in [0.29, 0.717) is 5.13 Å². The molecule has 2 aromatic heterocycles. The van der Waals surface area contributed by atoms with Crippen LogP contribution in [0.2, 0.25) is 0 Å². The fraction of sp³-hybridized carbons (Fsp3) is 0.300. The summed E-state index contributed by atoms with van der Waals surface area (Å²) in [5.41, 5.74) is 4.31. The molecule has 0 saturated carbocycles. The van der Waals surface area contributed by atoms with Crippen molar-refractivity contribution in [3.8, 4) is 0 Å². The summed E-state index contributed by atoms with van der Waals surface area (Å²) in [5.74, 6) is -0.0212. The van der Waals surface area contributed by atoms with Gasteiger partial charge in [0.25, 0.3) is 5.91 Å². The van der Waals surface area contributed by atoms with Gasteiger partial charge >= 0.3 is 0 Å². The van der Waals surface area contributed by atoms with Gasteiger partial charge in [0.05, 0.1) is 11.3 Å². The Labute approximate surface area is 169 Å². The van der Waals surface area contributed by atoms with Crippen LogP contribution >= 0.6 is 38.6 Å². The first-order valence-corrected chi connectivity index (χ1v) is 11.2. The van der Waals surface area contributed by atoms with Crippen LogP contribution < -0.4 is 5.32 Å². The van der Waals surface area contributed by atoms with E-state index in [1.165, 1.54) is 33.7 Å². The second kappa shape index (κ2) is 7.62. The highest BCUT2D eigenvalue weighted by atomic mass is 79.9. The molecule has 1 amide bonds. The van der Waals surface area contributed by atoms with Crippen LogP contribution in [-0.2, 0) is 19.3 Å². The number of hydrogen-bond donors (Lipinski definition) is 1. The van der Waals surface area contributed by atoms with Crippen LogP contribution in [0.15, 0.2) is 34.1 Å². The van der Waals surface area contributed by atoms with Crippen molar-refractivity contribution in [3.63, 3.8) is 0 Å². The number of thiophene rings is 1. The van der Waals surface area contributed by atoms with E-state index < -0.39 is 0 Å². The van der Waals surface area contributed by atoms with Gasteiger partial charge in [0.1, 0.15) is 0 Å². The molecule has 0 fully saturated rings. The summed E-state index contributed by atoms with van der Waals surface area (Å²) in [6.07, 6.45) is 5.37. The number of nitrogens with one attached hydrogen (secondary N) is 1. The Kier molecular flexibility index (Phi) is 5.25. The molecule has 0 radical (unpaired) electrons. The van der Waals surface area contributed by atoms with Crippen molar-refractivity contribution >= 4 is 49.6 Å². The number of amides is 1. The van der Waals surface area contributed by atoms with E-state index >= 15 is 0 Å². The van der Waals surface area contributed by atoms with E-state index in [9.17, 15) is 4.79 Å². The molecule has 1 N–H and O–H groups in total. The number of nitrogens with zero attached hydrogens (tertiary/aromatic N) is 1. The van der Waals surface area contributed by atoms with Gasteiger partial charge < -0.3 is 0 Å². The SMILES string of the molecule is Cc1nc(NC(=O)c2csc3c2CCCC3)sc1Cc1cccc(Br)c1. The summed E-state index contributed by atoms with van der Waals surface area (Å²) in [6.45, 7) is 2.01. The highest BCUT2D eigenvalue weighted by Gasteiger charge is 2.21. The number of carbonyl (C=O) groups is 1. The average Bonchev–Trinajstić information content (AvgIpc) is 3.19. The molecule has 0 saturated heterocycles. The van der Waals surface area contributed by atoms with Gasteiger partial charge in [0, 0.05) is 26.0 Å². The topological polar surface area (TPSA) is 42.0 Å². The molecule has 0 unspecified atom stereocenters. The predicted molar refractivity (Wildman–Crippen MR) is 113 cm³/mol. The molecular formula is C20H19BrN2OS2. The van der Waals surface area contributed by atoms with E-state index in [-0.39, 0.29) is 5.91 Å². The number of aryl methyl sites for hydroxylation is 2. The van der Waals surface area contributed by atoms with Crippen molar-refractivity contribution in [2.45, 2.75) is 39.0 Å². The number of rotatable bonds is 4. The lowest BCUT2D eigenvalue weighted by molar-refractivity contribution is 0.102. The van der Waals surface area contributed by atoms with Gasteiger partial charge in [-0.05, 0) is 55.9 Å². The maximum Gasteiger partial charge on any atom is 0.258 e. The molecule has 3 aromatic rings. The van der Waals surface area contributed by atoms with Crippen molar-refractivity contribution in [3.05, 3.63) is 66.3 Å². The number of benzene rings is 1. The first-order chi connectivity index (χ1) is 12.6. The molecule has 1 aliphatic carbocycles.